The van der Waals surface area contributed by atoms with Gasteiger partial charge in [0.25, 0.3) is 0 Å². The van der Waals surface area contributed by atoms with Gasteiger partial charge in [0.1, 0.15) is 5.60 Å². The summed E-state index contributed by atoms with van der Waals surface area (Å²) in [6, 6.07) is 8.15. The molecule has 0 spiro atoms. The standard InChI is InChI=1S/C19H30ClN3O3/c1-19(2,3)26-18(25)23-9-7-22(8-10-23)14-15-5-4-6-16(11-15)21-13-17(24)12-20/h4-6,11,17,21,24H,7-10,12-14H2,1-3H3. The predicted molar refractivity (Wildman–Crippen MR) is 105 cm³/mol. The molecule has 2 rings (SSSR count). The molecule has 0 aromatic heterocycles. The summed E-state index contributed by atoms with van der Waals surface area (Å²) in [7, 11) is 0. The van der Waals surface area contributed by atoms with Crippen LogP contribution >= 0.6 is 11.6 Å². The van der Waals surface area contributed by atoms with Gasteiger partial charge in [0.15, 0.2) is 0 Å². The van der Waals surface area contributed by atoms with Gasteiger partial charge < -0.3 is 20.1 Å². The number of halogens is 1. The molecule has 146 valence electrons. The zero-order valence-electron chi connectivity index (χ0n) is 15.9. The number of carbonyl (C=O) groups is 1. The van der Waals surface area contributed by atoms with Crippen molar-refractivity contribution in [2.24, 2.45) is 0 Å². The quantitative estimate of drug-likeness (QED) is 0.739. The monoisotopic (exact) mass is 383 g/mol. The molecule has 1 atom stereocenters. The van der Waals surface area contributed by atoms with Crippen molar-refractivity contribution in [2.45, 2.75) is 39.0 Å². The van der Waals surface area contributed by atoms with Crippen molar-refractivity contribution in [3.05, 3.63) is 29.8 Å². The van der Waals surface area contributed by atoms with Gasteiger partial charge in [-0.3, -0.25) is 4.90 Å². The number of benzene rings is 1. The molecule has 0 aliphatic carbocycles. The van der Waals surface area contributed by atoms with E-state index in [9.17, 15) is 9.90 Å². The molecule has 6 nitrogen and oxygen atoms in total. The first-order valence-corrected chi connectivity index (χ1v) is 9.57. The van der Waals surface area contributed by atoms with Gasteiger partial charge in [0.2, 0.25) is 0 Å². The van der Waals surface area contributed by atoms with Crippen LogP contribution in [0.3, 0.4) is 0 Å². The Morgan fingerprint density at radius 3 is 2.62 bits per heavy atom. The van der Waals surface area contributed by atoms with Gasteiger partial charge in [-0.2, -0.15) is 0 Å². The molecule has 1 saturated heterocycles. The van der Waals surface area contributed by atoms with Gasteiger partial charge in [0.05, 0.1) is 12.0 Å². The average Bonchev–Trinajstić information content (AvgIpc) is 2.59. The molecule has 1 aromatic carbocycles. The van der Waals surface area contributed by atoms with Gasteiger partial charge in [0, 0.05) is 45.0 Å². The lowest BCUT2D eigenvalue weighted by molar-refractivity contribution is 0.0139. The summed E-state index contributed by atoms with van der Waals surface area (Å²) in [5, 5.41) is 12.7. The van der Waals surface area contributed by atoms with Crippen molar-refractivity contribution >= 4 is 23.4 Å². The third kappa shape index (κ3) is 7.02. The molecule has 1 aliphatic heterocycles. The van der Waals surface area contributed by atoms with E-state index in [1.807, 2.05) is 32.9 Å². The molecule has 0 radical (unpaired) electrons. The van der Waals surface area contributed by atoms with E-state index in [4.69, 9.17) is 16.3 Å². The predicted octanol–water partition coefficient (Wildman–Crippen LogP) is 2.75. The summed E-state index contributed by atoms with van der Waals surface area (Å²) in [5.41, 5.74) is 1.71. The number of aliphatic hydroxyl groups is 1. The Bertz CT molecular complexity index is 584. The molecule has 0 bridgehead atoms. The van der Waals surface area contributed by atoms with Crippen LogP contribution in [0.2, 0.25) is 0 Å². The molecule has 1 fully saturated rings. The minimum atomic E-state index is -0.554. The first-order chi connectivity index (χ1) is 12.3. The Morgan fingerprint density at radius 2 is 2.00 bits per heavy atom. The van der Waals surface area contributed by atoms with Crippen molar-refractivity contribution in [3.63, 3.8) is 0 Å². The van der Waals surface area contributed by atoms with Gasteiger partial charge in [-0.25, -0.2) is 4.79 Å². The van der Waals surface area contributed by atoms with E-state index >= 15 is 0 Å². The van der Waals surface area contributed by atoms with Crippen molar-refractivity contribution in [1.29, 1.82) is 0 Å². The fourth-order valence-corrected chi connectivity index (χ4v) is 2.85. The normalized spacial score (nSPS) is 17.0. The van der Waals surface area contributed by atoms with Crippen LogP contribution < -0.4 is 5.32 Å². The summed E-state index contributed by atoms with van der Waals surface area (Å²) in [6.07, 6.45) is -0.789. The first-order valence-electron chi connectivity index (χ1n) is 9.04. The van der Waals surface area contributed by atoms with E-state index in [0.717, 1.165) is 25.3 Å². The molecule has 26 heavy (non-hydrogen) atoms. The summed E-state index contributed by atoms with van der Waals surface area (Å²) in [4.78, 5) is 16.2. The van der Waals surface area contributed by atoms with E-state index in [2.05, 4.69) is 22.3 Å². The molecule has 2 N–H and O–H groups in total. The molecule has 1 unspecified atom stereocenters. The number of alkyl halides is 1. The van der Waals surface area contributed by atoms with Crippen LogP contribution in [0, 0.1) is 0 Å². The van der Waals surface area contributed by atoms with E-state index in [1.54, 1.807) is 4.90 Å². The minimum Gasteiger partial charge on any atom is -0.444 e. The van der Waals surface area contributed by atoms with Crippen LogP contribution in [0.5, 0.6) is 0 Å². The van der Waals surface area contributed by atoms with Crippen LogP contribution in [0.4, 0.5) is 10.5 Å². The van der Waals surface area contributed by atoms with Gasteiger partial charge in [-0.1, -0.05) is 12.1 Å². The SMILES string of the molecule is CC(C)(C)OC(=O)N1CCN(Cc2cccc(NCC(O)CCl)c2)CC1. The minimum absolute atomic E-state index is 0.217. The van der Waals surface area contributed by atoms with Crippen LogP contribution in [0.25, 0.3) is 0 Å². The maximum atomic E-state index is 12.1. The van der Waals surface area contributed by atoms with Crippen LogP contribution in [-0.4, -0.2) is 71.3 Å². The molecule has 7 heteroatoms. The number of amides is 1. The largest absolute Gasteiger partial charge is 0.444 e. The second-order valence-electron chi connectivity index (χ2n) is 7.63. The van der Waals surface area contributed by atoms with Gasteiger partial charge in [-0.05, 0) is 38.5 Å². The van der Waals surface area contributed by atoms with Crippen LogP contribution in [0.1, 0.15) is 26.3 Å². The zero-order valence-corrected chi connectivity index (χ0v) is 16.6. The van der Waals surface area contributed by atoms with E-state index in [-0.39, 0.29) is 12.0 Å². The van der Waals surface area contributed by atoms with Gasteiger partial charge in [-0.15, -0.1) is 11.6 Å². The first kappa shape index (κ1) is 20.8. The van der Waals surface area contributed by atoms with Crippen LogP contribution in [0.15, 0.2) is 24.3 Å². The third-order valence-corrected chi connectivity index (χ3v) is 4.43. The number of aliphatic hydroxyl groups excluding tert-OH is 1. The molecular formula is C19H30ClN3O3. The highest BCUT2D eigenvalue weighted by molar-refractivity contribution is 6.18. The van der Waals surface area contributed by atoms with E-state index in [0.29, 0.717) is 19.6 Å². The van der Waals surface area contributed by atoms with Gasteiger partial charge >= 0.3 is 6.09 Å². The number of carbonyl (C=O) groups excluding carboxylic acids is 1. The second kappa shape index (κ2) is 9.44. The lowest BCUT2D eigenvalue weighted by Crippen LogP contribution is -2.49. The number of anilines is 1. The van der Waals surface area contributed by atoms with Crippen molar-refractivity contribution in [2.75, 3.05) is 43.9 Å². The number of ether oxygens (including phenoxy) is 1. The molecule has 1 aliphatic rings. The smallest absolute Gasteiger partial charge is 0.410 e. The fraction of sp³-hybridized carbons (Fsp3) is 0.632. The van der Waals surface area contributed by atoms with Crippen molar-refractivity contribution in [3.8, 4) is 0 Å². The Morgan fingerprint density at radius 1 is 1.31 bits per heavy atom. The number of piperazine rings is 1. The number of nitrogens with zero attached hydrogens (tertiary/aromatic N) is 2. The number of hydrogen-bond donors (Lipinski definition) is 2. The number of hydrogen-bond acceptors (Lipinski definition) is 5. The Balaban J connectivity index is 1.81. The second-order valence-corrected chi connectivity index (χ2v) is 7.94. The van der Waals surface area contributed by atoms with Crippen LogP contribution in [-0.2, 0) is 11.3 Å². The van der Waals surface area contributed by atoms with E-state index in [1.165, 1.54) is 5.56 Å². The molecular weight excluding hydrogens is 354 g/mol. The lowest BCUT2D eigenvalue weighted by atomic mass is 10.1. The highest BCUT2D eigenvalue weighted by Crippen LogP contribution is 2.16. The maximum absolute atomic E-state index is 12.1. The summed E-state index contributed by atoms with van der Waals surface area (Å²) >= 11 is 5.61. The Kier molecular flexibility index (Phi) is 7.55. The Labute approximate surface area is 161 Å². The highest BCUT2D eigenvalue weighted by atomic mass is 35.5. The van der Waals surface area contributed by atoms with Crippen molar-refractivity contribution in [1.82, 2.24) is 9.80 Å². The number of rotatable bonds is 6. The summed E-state index contributed by atoms with van der Waals surface area (Å²) in [6.45, 7) is 9.90. The Hall–Kier alpha value is -1.50. The third-order valence-electron chi connectivity index (χ3n) is 4.08. The molecule has 1 amide bonds. The molecule has 1 heterocycles. The lowest BCUT2D eigenvalue weighted by Gasteiger charge is -2.35. The van der Waals surface area contributed by atoms with E-state index < -0.39 is 11.7 Å². The van der Waals surface area contributed by atoms with Crippen molar-refractivity contribution < 1.29 is 14.6 Å². The number of nitrogens with one attached hydrogen (secondary N) is 1. The summed E-state index contributed by atoms with van der Waals surface area (Å²) in [5.74, 6) is 0.217. The topological polar surface area (TPSA) is 65.0 Å². The highest BCUT2D eigenvalue weighted by Gasteiger charge is 2.25. The fourth-order valence-electron chi connectivity index (χ4n) is 2.74. The maximum Gasteiger partial charge on any atom is 0.410 e. The average molecular weight is 384 g/mol. The zero-order chi connectivity index (χ0) is 19.2. The summed E-state index contributed by atoms with van der Waals surface area (Å²) < 4.78 is 5.43. The molecule has 0 saturated carbocycles. The molecule has 1 aromatic rings.